The lowest BCUT2D eigenvalue weighted by Crippen LogP contribution is -2.06. The van der Waals surface area contributed by atoms with Crippen LogP contribution in [-0.2, 0) is 6.42 Å². The fourth-order valence-electron chi connectivity index (χ4n) is 5.02. The third-order valence-corrected chi connectivity index (χ3v) is 7.06. The van der Waals surface area contributed by atoms with Crippen molar-refractivity contribution in [3.63, 3.8) is 0 Å². The number of benzene rings is 5. The molecule has 40 heavy (non-hydrogen) atoms. The Balaban J connectivity index is 1.36. The molecule has 0 amide bonds. The van der Waals surface area contributed by atoms with Crippen LogP contribution >= 0.6 is 0 Å². The Morgan fingerprint density at radius 2 is 1.35 bits per heavy atom. The van der Waals surface area contributed by atoms with Crippen LogP contribution in [0.15, 0.2) is 128 Å². The Labute approximate surface area is 231 Å². The molecule has 0 aliphatic rings. The first-order chi connectivity index (χ1) is 19.6. The molecule has 6 aromatic rings. The van der Waals surface area contributed by atoms with Gasteiger partial charge in [0.2, 0.25) is 0 Å². The van der Waals surface area contributed by atoms with Gasteiger partial charge in [-0.25, -0.2) is 9.18 Å². The summed E-state index contributed by atoms with van der Waals surface area (Å²) in [4.78, 5) is 11.6. The van der Waals surface area contributed by atoms with Crippen molar-refractivity contribution < 1.29 is 19.0 Å². The predicted molar refractivity (Wildman–Crippen MR) is 157 cm³/mol. The van der Waals surface area contributed by atoms with Gasteiger partial charge in [0.05, 0.1) is 12.1 Å². The van der Waals surface area contributed by atoms with E-state index in [2.05, 4.69) is 59.3 Å². The molecule has 1 aromatic heterocycles. The highest BCUT2D eigenvalue weighted by Crippen LogP contribution is 2.32. The lowest BCUT2D eigenvalue weighted by molar-refractivity contribution is 0.0692. The maximum absolute atomic E-state index is 13.6. The largest absolute Gasteiger partial charge is 0.492 e. The molecule has 0 saturated carbocycles. The van der Waals surface area contributed by atoms with Gasteiger partial charge in [-0.1, -0.05) is 72.8 Å². The van der Waals surface area contributed by atoms with E-state index in [4.69, 9.17) is 4.74 Å². The molecule has 0 spiro atoms. The van der Waals surface area contributed by atoms with Crippen LogP contribution in [0.2, 0.25) is 0 Å². The molecule has 1 N–H and O–H groups in total. The molecular formula is C35H26FNO3. The third-order valence-electron chi connectivity index (χ3n) is 7.06. The van der Waals surface area contributed by atoms with E-state index in [0.29, 0.717) is 18.8 Å². The van der Waals surface area contributed by atoms with Crippen LogP contribution < -0.4 is 4.74 Å². The Hall–Kier alpha value is -5.16. The number of nitrogens with zero attached hydrogens (tertiary/aromatic N) is 1. The lowest BCUT2D eigenvalue weighted by Gasteiger charge is -2.09. The van der Waals surface area contributed by atoms with E-state index in [1.54, 1.807) is 30.3 Å². The summed E-state index contributed by atoms with van der Waals surface area (Å²) in [6.07, 6.45) is 2.69. The quantitative estimate of drug-likeness (QED) is 0.216. The molecule has 0 aliphatic carbocycles. The summed E-state index contributed by atoms with van der Waals surface area (Å²) in [6.45, 7) is 0.317. The van der Waals surface area contributed by atoms with Crippen molar-refractivity contribution in [1.82, 2.24) is 4.57 Å². The van der Waals surface area contributed by atoms with Gasteiger partial charge in [-0.15, -0.1) is 0 Å². The van der Waals surface area contributed by atoms with Crippen LogP contribution in [0.25, 0.3) is 38.8 Å². The van der Waals surface area contributed by atoms with Gasteiger partial charge in [-0.05, 0) is 76.3 Å². The van der Waals surface area contributed by atoms with Crippen molar-refractivity contribution in [1.29, 1.82) is 0 Å². The van der Waals surface area contributed by atoms with E-state index in [1.165, 1.54) is 18.2 Å². The monoisotopic (exact) mass is 527 g/mol. The van der Waals surface area contributed by atoms with Crippen LogP contribution in [0.1, 0.15) is 15.9 Å². The lowest BCUT2D eigenvalue weighted by atomic mass is 10.0. The molecule has 1 heterocycles. The van der Waals surface area contributed by atoms with E-state index in [1.807, 2.05) is 24.3 Å². The number of ether oxygens (including phenoxy) is 1. The standard InChI is InChI=1S/C35H26FNO3/c36-29-15-10-26(11-16-29)27-14-19-33-32(22-27)28(20-21-40-34-9-5-4-8-31(34)35(38)39)23-37(33)30-17-12-25(13-18-30)24-6-2-1-3-7-24/h1-19,22-23H,20-21H2,(H,38,39). The normalized spacial score (nSPS) is 11.0. The highest BCUT2D eigenvalue weighted by atomic mass is 19.1. The Kier molecular flexibility index (Phi) is 6.86. The second-order valence-electron chi connectivity index (χ2n) is 9.58. The third kappa shape index (κ3) is 5.09. The van der Waals surface area contributed by atoms with Gasteiger partial charge in [-0.2, -0.15) is 0 Å². The molecular weight excluding hydrogens is 501 g/mol. The maximum atomic E-state index is 13.6. The van der Waals surface area contributed by atoms with Crippen molar-refractivity contribution in [3.05, 3.63) is 144 Å². The first-order valence-corrected chi connectivity index (χ1v) is 13.1. The molecule has 5 heteroatoms. The summed E-state index contributed by atoms with van der Waals surface area (Å²) in [7, 11) is 0. The summed E-state index contributed by atoms with van der Waals surface area (Å²) in [5, 5.41) is 10.6. The molecule has 0 saturated heterocycles. The van der Waals surface area contributed by atoms with E-state index in [0.717, 1.165) is 44.4 Å². The fourth-order valence-corrected chi connectivity index (χ4v) is 5.02. The molecule has 0 unspecified atom stereocenters. The predicted octanol–water partition coefficient (Wildman–Crippen LogP) is 8.42. The van der Waals surface area contributed by atoms with E-state index >= 15 is 0 Å². The number of halogens is 1. The van der Waals surface area contributed by atoms with Gasteiger partial charge < -0.3 is 14.4 Å². The number of aromatic carboxylic acids is 1. The highest BCUT2D eigenvalue weighted by Gasteiger charge is 2.14. The zero-order valence-electron chi connectivity index (χ0n) is 21.6. The summed E-state index contributed by atoms with van der Waals surface area (Å²) >= 11 is 0. The van der Waals surface area contributed by atoms with Crippen molar-refractivity contribution in [2.75, 3.05) is 6.61 Å². The van der Waals surface area contributed by atoms with Gasteiger partial charge in [-0.3, -0.25) is 0 Å². The van der Waals surface area contributed by atoms with Gasteiger partial charge in [0.25, 0.3) is 0 Å². The van der Waals surface area contributed by atoms with Crippen molar-refractivity contribution in [3.8, 4) is 33.7 Å². The molecule has 4 nitrogen and oxygen atoms in total. The number of carboxylic acids is 1. The molecule has 6 rings (SSSR count). The Morgan fingerprint density at radius 3 is 2.10 bits per heavy atom. The number of aromatic nitrogens is 1. The molecule has 5 aromatic carbocycles. The van der Waals surface area contributed by atoms with Crippen LogP contribution in [0.4, 0.5) is 4.39 Å². The number of hydrogen-bond donors (Lipinski definition) is 1. The van der Waals surface area contributed by atoms with Crippen molar-refractivity contribution in [2.24, 2.45) is 0 Å². The van der Waals surface area contributed by atoms with E-state index in [9.17, 15) is 14.3 Å². The second-order valence-corrected chi connectivity index (χ2v) is 9.58. The fraction of sp³-hybridized carbons (Fsp3) is 0.0571. The summed E-state index contributed by atoms with van der Waals surface area (Å²) in [5.41, 5.74) is 7.51. The number of para-hydroxylation sites is 1. The molecule has 0 atom stereocenters. The smallest absolute Gasteiger partial charge is 0.339 e. The van der Waals surface area contributed by atoms with Gasteiger partial charge in [0, 0.05) is 23.7 Å². The zero-order chi connectivity index (χ0) is 27.5. The van der Waals surface area contributed by atoms with E-state index in [-0.39, 0.29) is 11.4 Å². The number of fused-ring (bicyclic) bond motifs is 1. The van der Waals surface area contributed by atoms with Crippen molar-refractivity contribution in [2.45, 2.75) is 6.42 Å². The average molecular weight is 528 g/mol. The number of hydrogen-bond acceptors (Lipinski definition) is 2. The summed E-state index contributed by atoms with van der Waals surface area (Å²) < 4.78 is 21.6. The molecule has 0 bridgehead atoms. The van der Waals surface area contributed by atoms with Gasteiger partial charge >= 0.3 is 5.97 Å². The number of rotatable bonds is 8. The topological polar surface area (TPSA) is 51.5 Å². The van der Waals surface area contributed by atoms with Crippen LogP contribution in [0.3, 0.4) is 0 Å². The first kappa shape index (κ1) is 25.1. The maximum Gasteiger partial charge on any atom is 0.339 e. The molecule has 0 aliphatic heterocycles. The Morgan fingerprint density at radius 1 is 0.725 bits per heavy atom. The zero-order valence-corrected chi connectivity index (χ0v) is 21.6. The molecule has 0 fully saturated rings. The van der Waals surface area contributed by atoms with Crippen LogP contribution in [-0.4, -0.2) is 22.2 Å². The van der Waals surface area contributed by atoms with Gasteiger partial charge in [0.1, 0.15) is 17.1 Å². The average Bonchev–Trinajstić information content (AvgIpc) is 3.36. The minimum atomic E-state index is -1.02. The van der Waals surface area contributed by atoms with Crippen molar-refractivity contribution >= 4 is 16.9 Å². The number of carboxylic acid groups (broad SMARTS) is 1. The Bertz CT molecular complexity index is 1790. The summed E-state index contributed by atoms with van der Waals surface area (Å²) in [6, 6.07) is 38.1. The summed E-state index contributed by atoms with van der Waals surface area (Å²) in [5.74, 6) is -0.938. The van der Waals surface area contributed by atoms with E-state index < -0.39 is 5.97 Å². The highest BCUT2D eigenvalue weighted by molar-refractivity contribution is 5.91. The van der Waals surface area contributed by atoms with Crippen LogP contribution in [0, 0.1) is 5.82 Å². The first-order valence-electron chi connectivity index (χ1n) is 13.1. The minimum absolute atomic E-state index is 0.141. The van der Waals surface area contributed by atoms with Gasteiger partial charge in [0.15, 0.2) is 0 Å². The van der Waals surface area contributed by atoms with Crippen LogP contribution in [0.5, 0.6) is 5.75 Å². The molecule has 196 valence electrons. The molecule has 0 radical (unpaired) electrons. The SMILES string of the molecule is O=C(O)c1ccccc1OCCc1cn(-c2ccc(-c3ccccc3)cc2)c2ccc(-c3ccc(F)cc3)cc12. The second kappa shape index (κ2) is 10.9. The minimum Gasteiger partial charge on any atom is -0.492 e. The number of carbonyl (C=O) groups is 1.